The molecule has 1 heterocycles. The number of nitrogens with two attached hydrogens (primary N) is 1. The minimum Gasteiger partial charge on any atom is -0.492 e. The molecule has 0 aliphatic carbocycles. The van der Waals surface area contributed by atoms with Crippen molar-refractivity contribution >= 4 is 29.7 Å². The predicted molar refractivity (Wildman–Crippen MR) is 143 cm³/mol. The van der Waals surface area contributed by atoms with Crippen molar-refractivity contribution in [1.29, 1.82) is 0 Å². The third-order valence-corrected chi connectivity index (χ3v) is 7.91. The molecule has 9 nitrogen and oxygen atoms in total. The molecule has 10 heteroatoms. The van der Waals surface area contributed by atoms with Crippen LogP contribution in [0.15, 0.2) is 42.5 Å². The van der Waals surface area contributed by atoms with Crippen LogP contribution < -0.4 is 10.5 Å². The minimum absolute atomic E-state index is 0.295. The Morgan fingerprint density at radius 3 is 2.11 bits per heavy atom. The van der Waals surface area contributed by atoms with E-state index in [0.29, 0.717) is 19.6 Å². The fourth-order valence-electron chi connectivity index (χ4n) is 5.22. The van der Waals surface area contributed by atoms with Gasteiger partial charge in [-0.1, -0.05) is 30.3 Å². The average Bonchev–Trinajstić information content (AvgIpc) is 2.86. The second-order valence-electron chi connectivity index (χ2n) is 9.59. The van der Waals surface area contributed by atoms with E-state index in [1.165, 1.54) is 11.8 Å². The number of benzene rings is 2. The first-order valence-corrected chi connectivity index (χ1v) is 13.8. The first-order valence-electron chi connectivity index (χ1n) is 12.5. The summed E-state index contributed by atoms with van der Waals surface area (Å²) in [6.45, 7) is 2.86. The maximum atomic E-state index is 11.9. The van der Waals surface area contributed by atoms with Crippen LogP contribution in [0, 0.1) is 24.7 Å². The van der Waals surface area contributed by atoms with Gasteiger partial charge in [0, 0.05) is 24.8 Å². The zero-order chi connectivity index (χ0) is 27.8. The van der Waals surface area contributed by atoms with Crippen LogP contribution in [0.2, 0.25) is 0 Å². The highest BCUT2D eigenvalue weighted by Gasteiger charge is 2.48. The molecule has 0 unspecified atom stereocenters. The van der Waals surface area contributed by atoms with Crippen LogP contribution in [0.3, 0.4) is 0 Å². The van der Waals surface area contributed by atoms with Crippen molar-refractivity contribution < 1.29 is 39.2 Å². The molecule has 5 atom stereocenters. The lowest BCUT2D eigenvalue weighted by molar-refractivity contribution is -0.161. The number of aliphatic carboxylic acids is 3. The number of carboxylic acid groups (broad SMARTS) is 3. The van der Waals surface area contributed by atoms with Crippen molar-refractivity contribution in [2.45, 2.75) is 44.1 Å². The SMILES string of the molecule is CS[C@H]1O[C@H](c2ccc(C)c(Cc3ccc(OCCN)cc3)c2)[C@@H](CC(=O)O)[C@@H](CC(=O)O)[C@@H]1CC(=O)O. The molecule has 0 aromatic heterocycles. The molecular weight excluding hydrogens is 510 g/mol. The molecule has 206 valence electrons. The zero-order valence-corrected chi connectivity index (χ0v) is 22.4. The molecule has 0 bridgehead atoms. The van der Waals surface area contributed by atoms with Crippen molar-refractivity contribution in [3.05, 3.63) is 64.7 Å². The van der Waals surface area contributed by atoms with Gasteiger partial charge in [0.1, 0.15) is 17.8 Å². The highest BCUT2D eigenvalue weighted by molar-refractivity contribution is 7.99. The highest BCUT2D eigenvalue weighted by atomic mass is 32.2. The summed E-state index contributed by atoms with van der Waals surface area (Å²) in [5.41, 5.74) is 8.79. The van der Waals surface area contributed by atoms with Gasteiger partial charge in [0.25, 0.3) is 0 Å². The molecule has 2 aromatic rings. The van der Waals surface area contributed by atoms with Crippen molar-refractivity contribution in [2.24, 2.45) is 23.5 Å². The number of thioether (sulfide) groups is 1. The van der Waals surface area contributed by atoms with Crippen LogP contribution in [-0.2, 0) is 25.5 Å². The van der Waals surface area contributed by atoms with E-state index in [-0.39, 0.29) is 19.3 Å². The summed E-state index contributed by atoms with van der Waals surface area (Å²) in [7, 11) is 0. The van der Waals surface area contributed by atoms with E-state index < -0.39 is 47.2 Å². The summed E-state index contributed by atoms with van der Waals surface area (Å²) in [6.07, 6.45) is 0.768. The largest absolute Gasteiger partial charge is 0.492 e. The first-order chi connectivity index (χ1) is 18.1. The molecule has 1 aliphatic heterocycles. The monoisotopic (exact) mass is 545 g/mol. The highest BCUT2D eigenvalue weighted by Crippen LogP contribution is 2.50. The van der Waals surface area contributed by atoms with Gasteiger partial charge in [-0.2, -0.15) is 0 Å². The van der Waals surface area contributed by atoms with E-state index in [2.05, 4.69) is 0 Å². The second-order valence-corrected chi connectivity index (χ2v) is 10.5. The summed E-state index contributed by atoms with van der Waals surface area (Å²) in [4.78, 5) is 35.3. The summed E-state index contributed by atoms with van der Waals surface area (Å²) in [5.74, 6) is -4.53. The van der Waals surface area contributed by atoms with Crippen LogP contribution in [0.25, 0.3) is 0 Å². The van der Waals surface area contributed by atoms with Crippen LogP contribution in [0.5, 0.6) is 5.75 Å². The van der Waals surface area contributed by atoms with Crippen LogP contribution in [-0.4, -0.2) is 58.1 Å². The smallest absolute Gasteiger partial charge is 0.303 e. The summed E-state index contributed by atoms with van der Waals surface area (Å²) in [5, 5.41) is 28.8. The van der Waals surface area contributed by atoms with Crippen LogP contribution >= 0.6 is 11.8 Å². The van der Waals surface area contributed by atoms with Gasteiger partial charge >= 0.3 is 17.9 Å². The van der Waals surface area contributed by atoms with Gasteiger partial charge in [-0.05, 0) is 59.9 Å². The number of ether oxygens (including phenoxy) is 2. The van der Waals surface area contributed by atoms with Gasteiger partial charge in [-0.15, -0.1) is 11.8 Å². The third kappa shape index (κ3) is 7.72. The molecule has 1 aliphatic rings. The standard InChI is InChI=1S/C28H35NO8S/c1-16-3-6-18(12-19(16)11-17-4-7-20(8-5-17)36-10-9-29)27-22(14-25(32)33)21(13-24(30)31)23(15-26(34)35)28(37-27)38-2/h3-8,12,21-23,27-28H,9-11,13-15,29H2,1-2H3,(H,30,31)(H,32,33)(H,34,35)/t21-,22+,23+,27-,28-/m1/s1. The van der Waals surface area contributed by atoms with Gasteiger partial charge in [-0.3, -0.25) is 14.4 Å². The zero-order valence-electron chi connectivity index (χ0n) is 21.5. The number of aryl methyl sites for hydroxylation is 1. The van der Waals surface area contributed by atoms with E-state index in [0.717, 1.165) is 28.0 Å². The molecular formula is C28H35NO8S. The van der Waals surface area contributed by atoms with Crippen molar-refractivity contribution in [3.63, 3.8) is 0 Å². The summed E-state index contributed by atoms with van der Waals surface area (Å²) >= 11 is 1.32. The van der Waals surface area contributed by atoms with Gasteiger partial charge in [0.05, 0.1) is 18.9 Å². The molecule has 0 saturated carbocycles. The number of carbonyl (C=O) groups is 3. The quantitative estimate of drug-likeness (QED) is 0.290. The average molecular weight is 546 g/mol. The second kappa shape index (κ2) is 13.6. The van der Waals surface area contributed by atoms with E-state index in [1.54, 1.807) is 6.26 Å². The van der Waals surface area contributed by atoms with E-state index in [1.807, 2.05) is 49.4 Å². The van der Waals surface area contributed by atoms with Crippen molar-refractivity contribution in [1.82, 2.24) is 0 Å². The molecule has 0 radical (unpaired) electrons. The van der Waals surface area contributed by atoms with E-state index >= 15 is 0 Å². The predicted octanol–water partition coefficient (Wildman–Crippen LogP) is 3.96. The van der Waals surface area contributed by atoms with E-state index in [9.17, 15) is 29.7 Å². The summed E-state index contributed by atoms with van der Waals surface area (Å²) in [6, 6.07) is 13.6. The van der Waals surface area contributed by atoms with Gasteiger partial charge in [0.15, 0.2) is 0 Å². The first kappa shape index (κ1) is 29.5. The Bertz CT molecular complexity index is 1120. The lowest BCUT2D eigenvalue weighted by atomic mass is 9.70. The lowest BCUT2D eigenvalue weighted by Crippen LogP contribution is -2.45. The molecule has 0 amide bonds. The van der Waals surface area contributed by atoms with Crippen LogP contribution in [0.4, 0.5) is 0 Å². The molecule has 5 N–H and O–H groups in total. The molecule has 1 fully saturated rings. The van der Waals surface area contributed by atoms with Crippen molar-refractivity contribution in [2.75, 3.05) is 19.4 Å². The lowest BCUT2D eigenvalue weighted by Gasteiger charge is -2.46. The fraction of sp³-hybridized carbons (Fsp3) is 0.464. The van der Waals surface area contributed by atoms with E-state index in [4.69, 9.17) is 15.2 Å². The number of carboxylic acids is 3. The van der Waals surface area contributed by atoms with Gasteiger partial charge in [0.2, 0.25) is 0 Å². The molecule has 0 spiro atoms. The minimum atomic E-state index is -1.09. The van der Waals surface area contributed by atoms with Crippen LogP contribution in [0.1, 0.15) is 47.6 Å². The van der Waals surface area contributed by atoms with Gasteiger partial charge in [-0.25, -0.2) is 0 Å². The molecule has 3 rings (SSSR count). The summed E-state index contributed by atoms with van der Waals surface area (Å²) < 4.78 is 11.9. The number of rotatable bonds is 13. The fourth-order valence-corrected chi connectivity index (χ4v) is 6.10. The topological polar surface area (TPSA) is 156 Å². The third-order valence-electron chi connectivity index (χ3n) is 6.99. The maximum Gasteiger partial charge on any atom is 0.303 e. The number of hydrogen-bond acceptors (Lipinski definition) is 7. The Morgan fingerprint density at radius 1 is 0.921 bits per heavy atom. The van der Waals surface area contributed by atoms with Crippen molar-refractivity contribution in [3.8, 4) is 5.75 Å². The Labute approximate surface area is 226 Å². The molecule has 2 aromatic carbocycles. The Morgan fingerprint density at radius 2 is 1.53 bits per heavy atom. The normalized spacial score (nSPS) is 23.1. The Hall–Kier alpha value is -3.08. The molecule has 1 saturated heterocycles. The Kier molecular flexibility index (Phi) is 10.6. The van der Waals surface area contributed by atoms with Gasteiger partial charge < -0.3 is 30.5 Å². The number of hydrogen-bond donors (Lipinski definition) is 4. The Balaban J connectivity index is 1.96. The molecule has 38 heavy (non-hydrogen) atoms. The maximum absolute atomic E-state index is 11.9.